The molecule has 9 nitrogen and oxygen atoms in total. The Labute approximate surface area is 494 Å². The zero-order valence-electron chi connectivity index (χ0n) is 52.8. The van der Waals surface area contributed by atoms with Crippen LogP contribution in [0.1, 0.15) is 296 Å². The molecule has 0 aliphatic heterocycles. The van der Waals surface area contributed by atoms with E-state index >= 15 is 0 Å². The van der Waals surface area contributed by atoms with Crippen molar-refractivity contribution in [3.05, 3.63) is 85.1 Å². The van der Waals surface area contributed by atoms with Crippen LogP contribution in [0.2, 0.25) is 0 Å². The average Bonchev–Trinajstić information content (AvgIpc) is 3.42. The monoisotopic (exact) mass is 1140 g/mol. The lowest BCUT2D eigenvalue weighted by molar-refractivity contribution is -0.870. The Kier molecular flexibility index (Phi) is 58.6. The number of hydrogen-bond donors (Lipinski definition) is 0. The lowest BCUT2D eigenvalue weighted by Crippen LogP contribution is -2.37. The van der Waals surface area contributed by atoms with Crippen LogP contribution in [0.5, 0.6) is 0 Å². The van der Waals surface area contributed by atoms with Crippen LogP contribution in [0, 0.1) is 0 Å². The van der Waals surface area contributed by atoms with Crippen molar-refractivity contribution in [1.29, 1.82) is 0 Å². The molecule has 0 aromatic rings. The summed E-state index contributed by atoms with van der Waals surface area (Å²) in [6, 6.07) is 0. The summed E-state index contributed by atoms with van der Waals surface area (Å²) < 4.78 is 34.2. The fourth-order valence-corrected chi connectivity index (χ4v) is 10.1. The first-order chi connectivity index (χ1) is 39.0. The molecular formula is C70H126NO8P. The molecule has 80 heavy (non-hydrogen) atoms. The molecule has 0 aliphatic carbocycles. The van der Waals surface area contributed by atoms with Crippen molar-refractivity contribution in [2.75, 3.05) is 47.5 Å². The molecule has 0 saturated carbocycles. The summed E-state index contributed by atoms with van der Waals surface area (Å²) in [7, 11) is 1.14. The van der Waals surface area contributed by atoms with Gasteiger partial charge in [-0.1, -0.05) is 298 Å². The number of rotatable bonds is 61. The number of carbonyl (C=O) groups is 2. The molecule has 0 rings (SSSR count). The molecule has 2 atom stereocenters. The maximum absolute atomic E-state index is 12.8. The molecule has 0 amide bonds. The van der Waals surface area contributed by atoms with Gasteiger partial charge in [0.05, 0.1) is 27.7 Å². The van der Waals surface area contributed by atoms with E-state index in [-0.39, 0.29) is 32.0 Å². The van der Waals surface area contributed by atoms with Crippen molar-refractivity contribution in [3.8, 4) is 0 Å². The number of hydrogen-bond acceptors (Lipinski definition) is 8. The molecule has 464 valence electrons. The van der Waals surface area contributed by atoms with Gasteiger partial charge in [0.1, 0.15) is 19.8 Å². The zero-order valence-corrected chi connectivity index (χ0v) is 53.7. The average molecular weight is 1140 g/mol. The van der Waals surface area contributed by atoms with Gasteiger partial charge in [-0.3, -0.25) is 14.2 Å². The Bertz CT molecular complexity index is 1630. The summed E-state index contributed by atoms with van der Waals surface area (Å²) >= 11 is 0. The molecule has 0 radical (unpaired) electrons. The minimum absolute atomic E-state index is 0.0405. The van der Waals surface area contributed by atoms with Crippen LogP contribution in [0.15, 0.2) is 85.1 Å². The van der Waals surface area contributed by atoms with Gasteiger partial charge in [0.25, 0.3) is 7.82 Å². The number of phosphoric ester groups is 1. The number of ether oxygens (including phenoxy) is 2. The van der Waals surface area contributed by atoms with E-state index in [9.17, 15) is 19.0 Å². The maximum Gasteiger partial charge on any atom is 0.306 e. The van der Waals surface area contributed by atoms with Gasteiger partial charge < -0.3 is 27.9 Å². The van der Waals surface area contributed by atoms with Gasteiger partial charge in [-0.2, -0.15) is 0 Å². The van der Waals surface area contributed by atoms with Crippen molar-refractivity contribution < 1.29 is 42.1 Å². The Morgan fingerprint density at radius 1 is 0.400 bits per heavy atom. The van der Waals surface area contributed by atoms with Crippen LogP contribution < -0.4 is 4.89 Å². The van der Waals surface area contributed by atoms with E-state index in [2.05, 4.69) is 98.9 Å². The van der Waals surface area contributed by atoms with E-state index < -0.39 is 26.5 Å². The highest BCUT2D eigenvalue weighted by molar-refractivity contribution is 7.45. The first kappa shape index (κ1) is 77.2. The Morgan fingerprint density at radius 2 is 0.713 bits per heavy atom. The molecule has 0 aliphatic rings. The second kappa shape index (κ2) is 60.8. The first-order valence-electron chi connectivity index (χ1n) is 33.3. The SMILES string of the molecule is CC/C=C\C/C=C\C/C=C\C/C=C\C/C=C\C/C=C\C/C=C\CCCCCC(=O)OC(COC(=O)CCCCCCCCCCCCCCCCCCCCCCCCCCCCCCCCC)COP(=O)([O-])OCC[N+](C)(C)C. The Hall–Kier alpha value is -2.81. The van der Waals surface area contributed by atoms with E-state index in [0.29, 0.717) is 17.4 Å². The van der Waals surface area contributed by atoms with Gasteiger partial charge in [0, 0.05) is 12.8 Å². The highest BCUT2D eigenvalue weighted by Crippen LogP contribution is 2.38. The van der Waals surface area contributed by atoms with Gasteiger partial charge in [0.2, 0.25) is 0 Å². The van der Waals surface area contributed by atoms with Crippen molar-refractivity contribution in [2.24, 2.45) is 0 Å². The third-order valence-electron chi connectivity index (χ3n) is 14.4. The van der Waals surface area contributed by atoms with E-state index in [1.54, 1.807) is 0 Å². The van der Waals surface area contributed by atoms with E-state index in [1.807, 2.05) is 21.1 Å². The molecule has 0 aromatic carbocycles. The van der Waals surface area contributed by atoms with Crippen molar-refractivity contribution in [2.45, 2.75) is 302 Å². The summed E-state index contributed by atoms with van der Waals surface area (Å²) in [6.45, 7) is 4.12. The smallest absolute Gasteiger partial charge is 0.306 e. The summed E-state index contributed by atoms with van der Waals surface area (Å²) in [5.74, 6) is -0.865. The lowest BCUT2D eigenvalue weighted by atomic mass is 10.0. The fraction of sp³-hybridized carbons (Fsp3) is 0.771. The van der Waals surface area contributed by atoms with Crippen LogP contribution in [0.4, 0.5) is 0 Å². The van der Waals surface area contributed by atoms with Gasteiger partial charge in [0.15, 0.2) is 6.10 Å². The predicted molar refractivity (Wildman–Crippen MR) is 342 cm³/mol. The number of carbonyl (C=O) groups excluding carboxylic acids is 2. The zero-order chi connectivity index (χ0) is 58.4. The number of quaternary nitrogens is 1. The summed E-state index contributed by atoms with van der Waals surface area (Å²) in [5.41, 5.74) is 0. The normalized spacial score (nSPS) is 13.7. The highest BCUT2D eigenvalue weighted by Gasteiger charge is 2.22. The van der Waals surface area contributed by atoms with E-state index in [4.69, 9.17) is 18.5 Å². The molecule has 0 fully saturated rings. The van der Waals surface area contributed by atoms with Crippen molar-refractivity contribution >= 4 is 19.8 Å². The van der Waals surface area contributed by atoms with E-state index in [0.717, 1.165) is 83.5 Å². The largest absolute Gasteiger partial charge is 0.756 e. The molecule has 0 spiro atoms. The molecule has 0 aromatic heterocycles. The van der Waals surface area contributed by atoms with Gasteiger partial charge >= 0.3 is 11.9 Å². The summed E-state index contributed by atoms with van der Waals surface area (Å²) in [4.78, 5) is 38.0. The van der Waals surface area contributed by atoms with Crippen LogP contribution >= 0.6 is 7.82 Å². The third kappa shape index (κ3) is 64.4. The minimum Gasteiger partial charge on any atom is -0.756 e. The van der Waals surface area contributed by atoms with Gasteiger partial charge in [-0.15, -0.1) is 0 Å². The third-order valence-corrected chi connectivity index (χ3v) is 15.4. The quantitative estimate of drug-likeness (QED) is 0.0195. The number of likely N-dealkylation sites (N-methyl/N-ethyl adjacent to an activating group) is 1. The van der Waals surface area contributed by atoms with Crippen molar-refractivity contribution in [3.63, 3.8) is 0 Å². The second-order valence-corrected chi connectivity index (χ2v) is 24.9. The molecule has 0 bridgehead atoms. The lowest BCUT2D eigenvalue weighted by Gasteiger charge is -2.28. The van der Waals surface area contributed by atoms with Crippen LogP contribution in [-0.2, 0) is 32.7 Å². The second-order valence-electron chi connectivity index (χ2n) is 23.5. The first-order valence-corrected chi connectivity index (χ1v) is 34.8. The number of allylic oxidation sites excluding steroid dienone is 14. The fourth-order valence-electron chi connectivity index (χ4n) is 9.35. The number of nitrogens with zero attached hydrogens (tertiary/aromatic N) is 1. The minimum atomic E-state index is -4.65. The molecular weight excluding hydrogens is 1010 g/mol. The standard InChI is InChI=1S/C70H126NO8P/c1-6-8-10-12-14-16-18-20-22-24-26-28-30-32-33-34-35-36-37-39-40-42-44-46-48-50-52-54-56-58-60-62-69(72)76-66-68(67-78-80(74,75)77-65-64-71(3,4)5)79-70(73)63-61-59-57-55-53-51-49-47-45-43-41-38-31-29-27-25-23-21-19-17-15-13-11-9-7-2/h9,11,15,17,21,23,27,29,38,41,45,47,51,53,68H,6-8,10,12-14,16,18-20,22,24-26,28,30-37,39-40,42-44,46,48-50,52,54-67H2,1-5H3/b11-9-,17-15-,23-21-,29-27-,41-38-,47-45-,53-51-. The molecule has 10 heteroatoms. The predicted octanol–water partition coefficient (Wildman–Crippen LogP) is 20.7. The summed E-state index contributed by atoms with van der Waals surface area (Å²) in [6.07, 6.45) is 82.4. The molecule has 0 saturated heterocycles. The molecule has 0 N–H and O–H groups in total. The van der Waals surface area contributed by atoms with Gasteiger partial charge in [-0.05, 0) is 70.6 Å². The van der Waals surface area contributed by atoms with Crippen LogP contribution in [0.3, 0.4) is 0 Å². The highest BCUT2D eigenvalue weighted by atomic mass is 31.2. The number of phosphoric acid groups is 1. The Morgan fingerprint density at radius 3 is 1.06 bits per heavy atom. The van der Waals surface area contributed by atoms with Crippen molar-refractivity contribution in [1.82, 2.24) is 0 Å². The number of unbranched alkanes of at least 4 members (excludes halogenated alkanes) is 33. The molecule has 0 heterocycles. The maximum atomic E-state index is 12.8. The van der Waals surface area contributed by atoms with Crippen LogP contribution in [-0.4, -0.2) is 70.0 Å². The Balaban J connectivity index is 4.10. The van der Waals surface area contributed by atoms with E-state index in [1.165, 1.54) is 180 Å². The summed E-state index contributed by atoms with van der Waals surface area (Å²) in [5, 5.41) is 0. The van der Waals surface area contributed by atoms with Gasteiger partial charge in [-0.25, -0.2) is 0 Å². The molecule has 2 unspecified atom stereocenters. The number of esters is 2. The topological polar surface area (TPSA) is 111 Å². The van der Waals surface area contributed by atoms with Crippen LogP contribution in [0.25, 0.3) is 0 Å².